The Hall–Kier alpha value is -2.98. The number of aliphatic hydroxyl groups is 1. The van der Waals surface area contributed by atoms with Gasteiger partial charge in [0.2, 0.25) is 0 Å². The van der Waals surface area contributed by atoms with Gasteiger partial charge in [-0.2, -0.15) is 0 Å². The predicted octanol–water partition coefficient (Wildman–Crippen LogP) is 5.78. The molecule has 0 bridgehead atoms. The van der Waals surface area contributed by atoms with Crippen LogP contribution < -0.4 is 10.1 Å². The largest absolute Gasteiger partial charge is 0.497 e. The summed E-state index contributed by atoms with van der Waals surface area (Å²) >= 11 is 0. The Morgan fingerprint density at radius 2 is 1.78 bits per heavy atom. The molecule has 5 nitrogen and oxygen atoms in total. The number of pyridine rings is 1. The van der Waals surface area contributed by atoms with Gasteiger partial charge < -0.3 is 20.1 Å². The fourth-order valence-electron chi connectivity index (χ4n) is 4.94. The molecule has 1 aliphatic rings. The van der Waals surface area contributed by atoms with Crippen LogP contribution in [0.5, 0.6) is 5.75 Å². The fraction of sp³-hybridized carbons (Fsp3) is 0.444. The van der Waals surface area contributed by atoms with Crippen LogP contribution in [0, 0.1) is 28.7 Å². The highest BCUT2D eigenvalue weighted by atomic mass is 19.2. The van der Waals surface area contributed by atoms with Crippen LogP contribution in [0.2, 0.25) is 0 Å². The second-order valence-electron chi connectivity index (χ2n) is 9.59. The topological polar surface area (TPSA) is 57.6 Å². The summed E-state index contributed by atoms with van der Waals surface area (Å²) in [5.74, 6) is -4.24. The Morgan fingerprint density at radius 3 is 2.43 bits per heavy atom. The zero-order valence-corrected chi connectivity index (χ0v) is 20.5. The standard InChI is InChI=1S/C27H30F5N3O2/c1-37-18-2-3-24-19(14-18)25(23(31)15-34-24)20(28)4-5-27(16-36)6-9-35(10-7-27)11-8-33-17-12-21(29)26(32)22(30)13-17/h2-3,12-15,20,33,36H,4-11,16H2,1H3/t20-/m0/s1. The lowest BCUT2D eigenvalue weighted by molar-refractivity contribution is 0.0314. The maximum absolute atomic E-state index is 15.4. The smallest absolute Gasteiger partial charge is 0.194 e. The van der Waals surface area contributed by atoms with E-state index < -0.39 is 34.9 Å². The molecule has 1 saturated heterocycles. The number of benzene rings is 2. The highest BCUT2D eigenvalue weighted by Gasteiger charge is 2.35. The third-order valence-electron chi connectivity index (χ3n) is 7.30. The van der Waals surface area contributed by atoms with E-state index in [1.54, 1.807) is 18.2 Å². The van der Waals surface area contributed by atoms with Gasteiger partial charge in [0.15, 0.2) is 17.5 Å². The molecule has 4 rings (SSSR count). The van der Waals surface area contributed by atoms with Crippen molar-refractivity contribution in [2.45, 2.75) is 31.9 Å². The Balaban J connectivity index is 1.32. The SMILES string of the molecule is COc1ccc2ncc(F)c([C@@H](F)CCC3(CO)CCN(CCNc4cc(F)c(F)c(F)c4)CC3)c2c1. The number of hydrogen-bond acceptors (Lipinski definition) is 5. The molecule has 2 N–H and O–H groups in total. The number of rotatable bonds is 10. The van der Waals surface area contributed by atoms with Crippen LogP contribution in [0.3, 0.4) is 0 Å². The van der Waals surface area contributed by atoms with Gasteiger partial charge in [-0.3, -0.25) is 4.98 Å². The number of halogens is 5. The summed E-state index contributed by atoms with van der Waals surface area (Å²) in [5, 5.41) is 13.4. The van der Waals surface area contributed by atoms with Crippen LogP contribution >= 0.6 is 0 Å². The van der Waals surface area contributed by atoms with Gasteiger partial charge in [-0.25, -0.2) is 22.0 Å². The van der Waals surface area contributed by atoms with Gasteiger partial charge in [-0.05, 0) is 62.4 Å². The molecular formula is C27H30F5N3O2. The minimum atomic E-state index is -1.57. The summed E-state index contributed by atoms with van der Waals surface area (Å²) in [6.45, 7) is 2.16. The van der Waals surface area contributed by atoms with E-state index in [1.807, 2.05) is 0 Å². The van der Waals surface area contributed by atoms with E-state index in [4.69, 9.17) is 4.74 Å². The molecule has 1 fully saturated rings. The van der Waals surface area contributed by atoms with Crippen molar-refractivity contribution < 1.29 is 31.8 Å². The second-order valence-corrected chi connectivity index (χ2v) is 9.59. The van der Waals surface area contributed by atoms with Gasteiger partial charge in [-0.15, -0.1) is 0 Å². The number of nitrogens with one attached hydrogen (secondary N) is 1. The van der Waals surface area contributed by atoms with Crippen molar-refractivity contribution in [2.24, 2.45) is 5.41 Å². The van der Waals surface area contributed by atoms with Crippen molar-refractivity contribution in [1.29, 1.82) is 0 Å². The van der Waals surface area contributed by atoms with E-state index in [0.717, 1.165) is 18.3 Å². The van der Waals surface area contributed by atoms with Gasteiger partial charge in [0.1, 0.15) is 17.7 Å². The number of methoxy groups -OCH3 is 1. The summed E-state index contributed by atoms with van der Waals surface area (Å²) in [6, 6.07) is 6.74. The number of aromatic nitrogens is 1. The first-order chi connectivity index (χ1) is 17.7. The van der Waals surface area contributed by atoms with Gasteiger partial charge in [-0.1, -0.05) is 0 Å². The molecule has 1 aromatic heterocycles. The van der Waals surface area contributed by atoms with Crippen LogP contribution in [-0.4, -0.2) is 54.9 Å². The summed E-state index contributed by atoms with van der Waals surface area (Å²) in [5.41, 5.74) is 0.105. The molecule has 0 saturated carbocycles. The molecule has 0 aliphatic carbocycles. The molecule has 0 amide bonds. The third-order valence-corrected chi connectivity index (χ3v) is 7.30. The van der Waals surface area contributed by atoms with Crippen molar-refractivity contribution >= 4 is 16.6 Å². The second kappa shape index (κ2) is 11.6. The van der Waals surface area contributed by atoms with Crippen molar-refractivity contribution in [3.63, 3.8) is 0 Å². The first kappa shape index (κ1) is 27.1. The Bertz CT molecular complexity index is 1210. The highest BCUT2D eigenvalue weighted by molar-refractivity contribution is 5.84. The van der Waals surface area contributed by atoms with E-state index in [9.17, 15) is 22.7 Å². The first-order valence-corrected chi connectivity index (χ1v) is 12.2. The van der Waals surface area contributed by atoms with Crippen LogP contribution in [0.15, 0.2) is 36.5 Å². The van der Waals surface area contributed by atoms with Crippen LogP contribution in [0.4, 0.5) is 27.6 Å². The molecule has 37 heavy (non-hydrogen) atoms. The van der Waals surface area contributed by atoms with Crippen molar-refractivity contribution in [3.8, 4) is 5.75 Å². The molecule has 200 valence electrons. The summed E-state index contributed by atoms with van der Waals surface area (Å²) < 4.78 is 75.1. The Labute approximate surface area is 212 Å². The zero-order chi connectivity index (χ0) is 26.6. The lowest BCUT2D eigenvalue weighted by atomic mass is 9.74. The minimum Gasteiger partial charge on any atom is -0.497 e. The number of nitrogens with zero attached hydrogens (tertiary/aromatic N) is 2. The van der Waals surface area contributed by atoms with Gasteiger partial charge in [0.05, 0.1) is 18.8 Å². The minimum absolute atomic E-state index is 0.0471. The number of ether oxygens (including phenoxy) is 1. The van der Waals surface area contributed by atoms with Crippen LogP contribution in [0.1, 0.15) is 37.4 Å². The fourth-order valence-corrected chi connectivity index (χ4v) is 4.94. The van der Waals surface area contributed by atoms with Gasteiger partial charge >= 0.3 is 0 Å². The number of likely N-dealkylation sites (tertiary alicyclic amines) is 1. The molecule has 2 heterocycles. The number of anilines is 1. The summed E-state index contributed by atoms with van der Waals surface area (Å²) in [4.78, 5) is 6.17. The Kier molecular flexibility index (Phi) is 8.49. The van der Waals surface area contributed by atoms with Crippen molar-refractivity contribution in [3.05, 3.63) is 65.4 Å². The summed E-state index contributed by atoms with van der Waals surface area (Å²) in [6.07, 6.45) is 1.15. The van der Waals surface area contributed by atoms with E-state index in [2.05, 4.69) is 15.2 Å². The number of fused-ring (bicyclic) bond motifs is 1. The van der Waals surface area contributed by atoms with E-state index in [1.165, 1.54) is 7.11 Å². The zero-order valence-electron chi connectivity index (χ0n) is 20.5. The quantitative estimate of drug-likeness (QED) is 0.261. The monoisotopic (exact) mass is 523 g/mol. The maximum Gasteiger partial charge on any atom is 0.194 e. The van der Waals surface area contributed by atoms with Crippen LogP contribution in [0.25, 0.3) is 10.9 Å². The molecule has 0 spiro atoms. The molecule has 2 aromatic carbocycles. The lowest BCUT2D eigenvalue weighted by Crippen LogP contribution is -2.43. The molecule has 1 atom stereocenters. The highest BCUT2D eigenvalue weighted by Crippen LogP contribution is 2.40. The van der Waals surface area contributed by atoms with Crippen molar-refractivity contribution in [2.75, 3.05) is 45.2 Å². The van der Waals surface area contributed by atoms with Gasteiger partial charge in [0, 0.05) is 48.5 Å². The average molecular weight is 524 g/mol. The number of aliphatic hydroxyl groups excluding tert-OH is 1. The van der Waals surface area contributed by atoms with E-state index >= 15 is 4.39 Å². The third kappa shape index (κ3) is 6.13. The average Bonchev–Trinajstić information content (AvgIpc) is 2.90. The number of alkyl halides is 1. The van der Waals surface area contributed by atoms with Crippen LogP contribution in [-0.2, 0) is 0 Å². The Morgan fingerprint density at radius 1 is 1.08 bits per heavy atom. The molecule has 3 aromatic rings. The van der Waals surface area contributed by atoms with Crippen molar-refractivity contribution in [1.82, 2.24) is 9.88 Å². The van der Waals surface area contributed by atoms with Gasteiger partial charge in [0.25, 0.3) is 0 Å². The first-order valence-electron chi connectivity index (χ1n) is 12.2. The molecular weight excluding hydrogens is 493 g/mol. The molecule has 0 radical (unpaired) electrons. The maximum atomic E-state index is 15.4. The lowest BCUT2D eigenvalue weighted by Gasteiger charge is -2.41. The molecule has 0 unspecified atom stereocenters. The molecule has 10 heteroatoms. The number of piperidine rings is 1. The normalized spacial score (nSPS) is 16.6. The van der Waals surface area contributed by atoms with E-state index in [0.29, 0.717) is 62.1 Å². The predicted molar refractivity (Wildman–Crippen MR) is 131 cm³/mol. The van der Waals surface area contributed by atoms with E-state index in [-0.39, 0.29) is 24.3 Å². The molecule has 1 aliphatic heterocycles. The number of hydrogen-bond donors (Lipinski definition) is 2. The summed E-state index contributed by atoms with van der Waals surface area (Å²) in [7, 11) is 1.48.